The Morgan fingerprint density at radius 3 is 2.53 bits per heavy atom. The molecule has 0 radical (unpaired) electrons. The Kier molecular flexibility index (Phi) is 4.76. The molecule has 1 heterocycles. The monoisotopic (exact) mass is 271 g/mol. The molecule has 0 bridgehead atoms. The average Bonchev–Trinajstić information content (AvgIpc) is 3.06. The molecule has 0 aromatic carbocycles. The second-order valence-corrected chi connectivity index (χ2v) is 5.31. The van der Waals surface area contributed by atoms with E-state index in [4.69, 9.17) is 14.6 Å². The number of carboxylic acids is 1. The van der Waals surface area contributed by atoms with E-state index in [1.54, 1.807) is 11.9 Å². The Bertz CT molecular complexity index is 342. The molecule has 1 aliphatic heterocycles. The van der Waals surface area contributed by atoms with Gasteiger partial charge in [0.25, 0.3) is 5.91 Å². The predicted molar refractivity (Wildman–Crippen MR) is 66.7 cm³/mol. The van der Waals surface area contributed by atoms with Crippen LogP contribution in [0.4, 0.5) is 0 Å². The number of carbonyl (C=O) groups excluding carboxylic acids is 1. The van der Waals surface area contributed by atoms with Gasteiger partial charge < -0.3 is 19.5 Å². The number of amides is 1. The number of carbonyl (C=O) groups is 2. The van der Waals surface area contributed by atoms with Crippen molar-refractivity contribution in [3.63, 3.8) is 0 Å². The van der Waals surface area contributed by atoms with Crippen LogP contribution in [0.1, 0.15) is 25.7 Å². The largest absolute Gasteiger partial charge is 0.479 e. The summed E-state index contributed by atoms with van der Waals surface area (Å²) in [7, 11) is 1.69. The first-order valence-corrected chi connectivity index (χ1v) is 6.79. The zero-order valence-corrected chi connectivity index (χ0v) is 11.2. The molecule has 2 unspecified atom stereocenters. The van der Waals surface area contributed by atoms with Crippen molar-refractivity contribution in [1.29, 1.82) is 0 Å². The topological polar surface area (TPSA) is 76.1 Å². The zero-order valence-electron chi connectivity index (χ0n) is 11.2. The number of hydrogen-bond acceptors (Lipinski definition) is 4. The number of likely N-dealkylation sites (N-methyl/N-ethyl adjacent to an activating group) is 1. The molecule has 1 saturated carbocycles. The minimum absolute atomic E-state index is 0.154. The van der Waals surface area contributed by atoms with E-state index < -0.39 is 18.2 Å². The summed E-state index contributed by atoms with van der Waals surface area (Å²) in [4.78, 5) is 24.3. The molecular formula is C13H21NO5. The fraction of sp³-hybridized carbons (Fsp3) is 0.846. The molecule has 2 aliphatic rings. The highest BCUT2D eigenvalue weighted by molar-refractivity contribution is 5.82. The quantitative estimate of drug-likeness (QED) is 0.682. The van der Waals surface area contributed by atoms with E-state index in [0.29, 0.717) is 26.0 Å². The van der Waals surface area contributed by atoms with Crippen molar-refractivity contribution in [2.24, 2.45) is 5.92 Å². The van der Waals surface area contributed by atoms with E-state index in [0.717, 1.165) is 12.5 Å². The molecule has 2 atom stereocenters. The van der Waals surface area contributed by atoms with Gasteiger partial charge in [-0.1, -0.05) is 0 Å². The Morgan fingerprint density at radius 2 is 1.95 bits per heavy atom. The van der Waals surface area contributed by atoms with Gasteiger partial charge in [0.15, 0.2) is 6.10 Å². The van der Waals surface area contributed by atoms with Crippen molar-refractivity contribution in [3.8, 4) is 0 Å². The molecule has 1 N–H and O–H groups in total. The molecule has 1 aliphatic carbocycles. The maximum atomic E-state index is 12.0. The lowest BCUT2D eigenvalue weighted by atomic mass is 10.2. The zero-order chi connectivity index (χ0) is 13.8. The van der Waals surface area contributed by atoms with Crippen molar-refractivity contribution < 1.29 is 24.2 Å². The van der Waals surface area contributed by atoms with Gasteiger partial charge in [-0.05, 0) is 31.6 Å². The van der Waals surface area contributed by atoms with Gasteiger partial charge in [-0.2, -0.15) is 0 Å². The second-order valence-electron chi connectivity index (χ2n) is 5.31. The molecule has 6 nitrogen and oxygen atoms in total. The van der Waals surface area contributed by atoms with Crippen LogP contribution in [0.3, 0.4) is 0 Å². The summed E-state index contributed by atoms with van der Waals surface area (Å²) in [6.07, 6.45) is 1.92. The SMILES string of the molecule is CN(CCOCC1CC1)C(=O)C1CCC(C(=O)O)O1. The summed E-state index contributed by atoms with van der Waals surface area (Å²) in [5.74, 6) is -0.431. The van der Waals surface area contributed by atoms with E-state index >= 15 is 0 Å². The Labute approximate surface area is 112 Å². The maximum absolute atomic E-state index is 12.0. The van der Waals surface area contributed by atoms with Crippen molar-refractivity contribution in [3.05, 3.63) is 0 Å². The Hall–Kier alpha value is -1.14. The first kappa shape index (κ1) is 14.3. The number of rotatable bonds is 7. The minimum atomic E-state index is -0.995. The van der Waals surface area contributed by atoms with Crippen LogP contribution in [0, 0.1) is 5.92 Å². The standard InChI is InChI=1S/C13H21NO5/c1-14(6-7-18-8-9-2-3-9)12(15)10-4-5-11(19-10)13(16)17/h9-11H,2-8H2,1H3,(H,16,17). The van der Waals surface area contributed by atoms with E-state index in [9.17, 15) is 9.59 Å². The lowest BCUT2D eigenvalue weighted by Gasteiger charge is -2.20. The van der Waals surface area contributed by atoms with Crippen LogP contribution >= 0.6 is 0 Å². The van der Waals surface area contributed by atoms with Gasteiger partial charge in [-0.25, -0.2) is 4.79 Å². The molecule has 2 fully saturated rings. The van der Waals surface area contributed by atoms with E-state index in [-0.39, 0.29) is 5.91 Å². The first-order valence-electron chi connectivity index (χ1n) is 6.79. The van der Waals surface area contributed by atoms with Crippen LogP contribution in [-0.2, 0) is 19.1 Å². The third kappa shape index (κ3) is 4.18. The molecule has 6 heteroatoms. The molecule has 1 saturated heterocycles. The van der Waals surface area contributed by atoms with Crippen LogP contribution < -0.4 is 0 Å². The van der Waals surface area contributed by atoms with E-state index in [1.807, 2.05) is 0 Å². The highest BCUT2D eigenvalue weighted by atomic mass is 16.5. The van der Waals surface area contributed by atoms with Crippen LogP contribution in [0.2, 0.25) is 0 Å². The Balaban J connectivity index is 1.65. The maximum Gasteiger partial charge on any atom is 0.332 e. The third-order valence-corrected chi connectivity index (χ3v) is 3.57. The van der Waals surface area contributed by atoms with Crippen LogP contribution in [0.5, 0.6) is 0 Å². The first-order chi connectivity index (χ1) is 9.08. The lowest BCUT2D eigenvalue weighted by molar-refractivity contribution is -0.154. The van der Waals surface area contributed by atoms with Crippen LogP contribution in [-0.4, -0.2) is 60.9 Å². The highest BCUT2D eigenvalue weighted by Crippen LogP contribution is 2.28. The summed E-state index contributed by atoms with van der Waals surface area (Å²) < 4.78 is 10.7. The third-order valence-electron chi connectivity index (χ3n) is 3.57. The fourth-order valence-electron chi connectivity index (χ4n) is 2.09. The van der Waals surface area contributed by atoms with Crippen molar-refractivity contribution in [1.82, 2.24) is 4.90 Å². The predicted octanol–water partition coefficient (Wildman–Crippen LogP) is 0.504. The fourth-order valence-corrected chi connectivity index (χ4v) is 2.09. The average molecular weight is 271 g/mol. The summed E-state index contributed by atoms with van der Waals surface area (Å²) >= 11 is 0. The molecular weight excluding hydrogens is 250 g/mol. The molecule has 0 aromatic rings. The smallest absolute Gasteiger partial charge is 0.332 e. The number of ether oxygens (including phenoxy) is 2. The van der Waals surface area contributed by atoms with Gasteiger partial charge >= 0.3 is 5.97 Å². The molecule has 19 heavy (non-hydrogen) atoms. The van der Waals surface area contributed by atoms with E-state index in [2.05, 4.69) is 0 Å². The summed E-state index contributed by atoms with van der Waals surface area (Å²) in [6, 6.07) is 0. The lowest BCUT2D eigenvalue weighted by Crippen LogP contribution is -2.39. The van der Waals surface area contributed by atoms with Crippen molar-refractivity contribution in [2.75, 3.05) is 26.8 Å². The number of aliphatic carboxylic acids is 1. The van der Waals surface area contributed by atoms with Gasteiger partial charge in [-0.3, -0.25) is 4.79 Å². The minimum Gasteiger partial charge on any atom is -0.479 e. The second kappa shape index (κ2) is 6.34. The summed E-state index contributed by atoms with van der Waals surface area (Å²) in [5, 5.41) is 8.81. The van der Waals surface area contributed by atoms with Gasteiger partial charge in [-0.15, -0.1) is 0 Å². The van der Waals surface area contributed by atoms with E-state index in [1.165, 1.54) is 12.8 Å². The van der Waals surface area contributed by atoms with Gasteiger partial charge in [0.1, 0.15) is 6.10 Å². The van der Waals surface area contributed by atoms with Crippen LogP contribution in [0.15, 0.2) is 0 Å². The number of hydrogen-bond donors (Lipinski definition) is 1. The molecule has 1 amide bonds. The van der Waals surface area contributed by atoms with Crippen LogP contribution in [0.25, 0.3) is 0 Å². The molecule has 2 rings (SSSR count). The molecule has 108 valence electrons. The number of carboxylic acid groups (broad SMARTS) is 1. The highest BCUT2D eigenvalue weighted by Gasteiger charge is 2.35. The van der Waals surface area contributed by atoms with Gasteiger partial charge in [0.2, 0.25) is 0 Å². The van der Waals surface area contributed by atoms with Crippen molar-refractivity contribution in [2.45, 2.75) is 37.9 Å². The summed E-state index contributed by atoms with van der Waals surface area (Å²) in [5.41, 5.74) is 0. The Morgan fingerprint density at radius 1 is 1.26 bits per heavy atom. The van der Waals surface area contributed by atoms with Gasteiger partial charge in [0.05, 0.1) is 6.61 Å². The number of nitrogens with zero attached hydrogens (tertiary/aromatic N) is 1. The van der Waals surface area contributed by atoms with Gasteiger partial charge in [0, 0.05) is 20.2 Å². The summed E-state index contributed by atoms with van der Waals surface area (Å²) in [6.45, 7) is 1.82. The molecule has 0 spiro atoms. The molecule has 0 aromatic heterocycles. The normalized spacial score (nSPS) is 26.4. The van der Waals surface area contributed by atoms with Crippen molar-refractivity contribution >= 4 is 11.9 Å².